The van der Waals surface area contributed by atoms with Gasteiger partial charge in [0.15, 0.2) is 15.1 Å². The van der Waals surface area contributed by atoms with Crippen molar-refractivity contribution < 1.29 is 23.1 Å². The Morgan fingerprint density at radius 2 is 2.10 bits per heavy atom. The molecule has 0 radical (unpaired) electrons. The minimum atomic E-state index is -3.76. The smallest absolute Gasteiger partial charge is 0.322 e. The molecule has 21 heavy (non-hydrogen) atoms. The molecule has 0 aliphatic carbocycles. The van der Waals surface area contributed by atoms with E-state index >= 15 is 0 Å². The first-order valence-electron chi connectivity index (χ1n) is 6.91. The molecule has 6 heteroatoms. The Hall–Kier alpha value is -1.56. The molecule has 1 aliphatic rings. The van der Waals surface area contributed by atoms with Crippen molar-refractivity contribution in [2.75, 3.05) is 5.75 Å². The van der Waals surface area contributed by atoms with Gasteiger partial charge in [-0.3, -0.25) is 4.79 Å². The summed E-state index contributed by atoms with van der Waals surface area (Å²) in [6.45, 7) is 5.16. The lowest BCUT2D eigenvalue weighted by Gasteiger charge is -2.19. The Morgan fingerprint density at radius 1 is 1.43 bits per heavy atom. The van der Waals surface area contributed by atoms with E-state index in [2.05, 4.69) is 0 Å². The third-order valence-electron chi connectivity index (χ3n) is 3.61. The number of aliphatic carboxylic acids is 1. The summed E-state index contributed by atoms with van der Waals surface area (Å²) in [5.41, 5.74) is 2.07. The molecule has 116 valence electrons. The largest absolute Gasteiger partial charge is 0.489 e. The van der Waals surface area contributed by atoms with Crippen molar-refractivity contribution in [3.8, 4) is 5.75 Å². The average Bonchev–Trinajstić information content (AvgIpc) is 2.67. The highest BCUT2D eigenvalue weighted by Crippen LogP contribution is 2.30. The summed E-state index contributed by atoms with van der Waals surface area (Å²) in [5.74, 6) is -1.34. The molecule has 0 fully saturated rings. The first kappa shape index (κ1) is 15.8. The van der Waals surface area contributed by atoms with Gasteiger partial charge in [-0.25, -0.2) is 8.42 Å². The lowest BCUT2D eigenvalue weighted by molar-refractivity contribution is -0.137. The van der Waals surface area contributed by atoms with Crippen LogP contribution in [0.5, 0.6) is 5.75 Å². The standard InChI is InChI=1S/C15H20O5S/c1-9(2)14(15(16)17)21(18,19)8-12-7-11-6-10(3)4-5-13(11)20-12/h4-6,9,12,14H,7-8H2,1-3H3,(H,16,17). The maximum absolute atomic E-state index is 12.3. The summed E-state index contributed by atoms with van der Waals surface area (Å²) in [5, 5.41) is 7.76. The monoisotopic (exact) mass is 312 g/mol. The Labute approximate surface area is 124 Å². The molecule has 2 unspecified atom stereocenters. The number of carboxylic acids is 1. The van der Waals surface area contributed by atoms with Gasteiger partial charge in [0.05, 0.1) is 5.75 Å². The molecule has 1 aromatic carbocycles. The van der Waals surface area contributed by atoms with Crippen LogP contribution in [-0.4, -0.2) is 36.6 Å². The second-order valence-corrected chi connectivity index (χ2v) is 8.05. The number of aryl methyl sites for hydroxylation is 1. The van der Waals surface area contributed by atoms with Crippen molar-refractivity contribution in [3.63, 3.8) is 0 Å². The summed E-state index contributed by atoms with van der Waals surface area (Å²) in [4.78, 5) is 11.2. The van der Waals surface area contributed by atoms with Crippen molar-refractivity contribution in [1.82, 2.24) is 0 Å². The van der Waals surface area contributed by atoms with Crippen LogP contribution in [0.4, 0.5) is 0 Å². The van der Waals surface area contributed by atoms with E-state index < -0.39 is 33.1 Å². The predicted molar refractivity (Wildman–Crippen MR) is 79.3 cm³/mol. The summed E-state index contributed by atoms with van der Waals surface area (Å²) in [6.07, 6.45) is -0.00636. The quantitative estimate of drug-likeness (QED) is 0.897. The maximum atomic E-state index is 12.3. The molecule has 5 nitrogen and oxygen atoms in total. The Kier molecular flexibility index (Phi) is 4.27. The van der Waals surface area contributed by atoms with Crippen LogP contribution in [-0.2, 0) is 21.1 Å². The van der Waals surface area contributed by atoms with Crippen molar-refractivity contribution in [2.24, 2.45) is 5.92 Å². The van der Waals surface area contributed by atoms with Crippen LogP contribution in [0.3, 0.4) is 0 Å². The van der Waals surface area contributed by atoms with Gasteiger partial charge in [-0.15, -0.1) is 0 Å². The summed E-state index contributed by atoms with van der Waals surface area (Å²) >= 11 is 0. The van der Waals surface area contributed by atoms with Gasteiger partial charge in [0.1, 0.15) is 11.9 Å². The number of hydrogen-bond donors (Lipinski definition) is 1. The molecule has 2 atom stereocenters. The fourth-order valence-corrected chi connectivity index (χ4v) is 4.81. The molecular weight excluding hydrogens is 292 g/mol. The first-order valence-corrected chi connectivity index (χ1v) is 8.63. The van der Waals surface area contributed by atoms with E-state index in [1.165, 1.54) is 0 Å². The van der Waals surface area contributed by atoms with E-state index in [-0.39, 0.29) is 5.75 Å². The number of benzene rings is 1. The summed E-state index contributed by atoms with van der Waals surface area (Å²) < 4.78 is 30.3. The van der Waals surface area contributed by atoms with Gasteiger partial charge in [0.25, 0.3) is 0 Å². The number of hydrogen-bond acceptors (Lipinski definition) is 4. The molecule has 1 aromatic rings. The van der Waals surface area contributed by atoms with Crippen LogP contribution in [0.2, 0.25) is 0 Å². The number of ether oxygens (including phenoxy) is 1. The highest BCUT2D eigenvalue weighted by Gasteiger charge is 2.38. The zero-order valence-electron chi connectivity index (χ0n) is 12.4. The molecule has 0 aromatic heterocycles. The Balaban J connectivity index is 2.15. The van der Waals surface area contributed by atoms with E-state index in [1.54, 1.807) is 13.8 Å². The molecule has 1 heterocycles. The lowest BCUT2D eigenvalue weighted by atomic mass is 10.1. The fraction of sp³-hybridized carbons (Fsp3) is 0.533. The normalized spacial score (nSPS) is 19.1. The zero-order chi connectivity index (χ0) is 15.8. The molecule has 1 aliphatic heterocycles. The van der Waals surface area contributed by atoms with Gasteiger partial charge in [0, 0.05) is 6.42 Å². The summed E-state index contributed by atoms with van der Waals surface area (Å²) in [7, 11) is -3.76. The van der Waals surface area contributed by atoms with Crippen molar-refractivity contribution in [3.05, 3.63) is 29.3 Å². The SMILES string of the molecule is Cc1ccc2c(c1)CC(CS(=O)(=O)C(C(=O)O)C(C)C)O2. The van der Waals surface area contributed by atoms with Gasteiger partial charge in [-0.05, 0) is 24.5 Å². The zero-order valence-corrected chi connectivity index (χ0v) is 13.2. The number of fused-ring (bicyclic) bond motifs is 1. The van der Waals surface area contributed by atoms with Crippen LogP contribution < -0.4 is 4.74 Å². The van der Waals surface area contributed by atoms with Gasteiger partial charge >= 0.3 is 5.97 Å². The Bertz CT molecular complexity index is 648. The number of rotatable bonds is 5. The van der Waals surface area contributed by atoms with Crippen LogP contribution in [0.1, 0.15) is 25.0 Å². The van der Waals surface area contributed by atoms with Crippen LogP contribution in [0, 0.1) is 12.8 Å². The first-order chi connectivity index (χ1) is 9.70. The van der Waals surface area contributed by atoms with Crippen molar-refractivity contribution in [2.45, 2.75) is 38.5 Å². The highest BCUT2D eigenvalue weighted by molar-refractivity contribution is 7.92. The van der Waals surface area contributed by atoms with Crippen LogP contribution in [0.25, 0.3) is 0 Å². The van der Waals surface area contributed by atoms with E-state index in [0.717, 1.165) is 11.1 Å². The molecule has 1 N–H and O–H groups in total. The van der Waals surface area contributed by atoms with Gasteiger partial charge in [-0.2, -0.15) is 0 Å². The topological polar surface area (TPSA) is 80.7 Å². The van der Waals surface area contributed by atoms with E-state index in [0.29, 0.717) is 12.2 Å². The lowest BCUT2D eigenvalue weighted by Crippen LogP contribution is -2.40. The van der Waals surface area contributed by atoms with Crippen molar-refractivity contribution >= 4 is 15.8 Å². The highest BCUT2D eigenvalue weighted by atomic mass is 32.2. The number of carbonyl (C=O) groups is 1. The second kappa shape index (κ2) is 5.67. The number of carboxylic acid groups (broad SMARTS) is 1. The molecule has 0 saturated heterocycles. The fourth-order valence-electron chi connectivity index (χ4n) is 2.76. The molecule has 2 rings (SSSR count). The van der Waals surface area contributed by atoms with E-state index in [4.69, 9.17) is 9.84 Å². The average molecular weight is 312 g/mol. The molecular formula is C15H20O5S. The van der Waals surface area contributed by atoms with E-state index in [9.17, 15) is 13.2 Å². The maximum Gasteiger partial charge on any atom is 0.322 e. The molecule has 0 spiro atoms. The third kappa shape index (κ3) is 3.37. The van der Waals surface area contributed by atoms with Crippen molar-refractivity contribution in [1.29, 1.82) is 0 Å². The summed E-state index contributed by atoms with van der Waals surface area (Å²) in [6, 6.07) is 5.71. The third-order valence-corrected chi connectivity index (χ3v) is 5.97. The molecule has 0 saturated carbocycles. The second-order valence-electron chi connectivity index (χ2n) is 5.89. The van der Waals surface area contributed by atoms with Crippen LogP contribution in [0.15, 0.2) is 18.2 Å². The predicted octanol–water partition coefficient (Wildman–Crippen LogP) is 1.82. The molecule has 0 bridgehead atoms. The van der Waals surface area contributed by atoms with Gasteiger partial charge in [0.2, 0.25) is 0 Å². The minimum absolute atomic E-state index is 0.268. The molecule has 0 amide bonds. The van der Waals surface area contributed by atoms with Gasteiger partial charge in [-0.1, -0.05) is 31.5 Å². The van der Waals surface area contributed by atoms with Crippen LogP contribution >= 0.6 is 0 Å². The number of sulfone groups is 1. The van der Waals surface area contributed by atoms with Gasteiger partial charge < -0.3 is 9.84 Å². The minimum Gasteiger partial charge on any atom is -0.489 e. The Morgan fingerprint density at radius 3 is 2.67 bits per heavy atom. The van der Waals surface area contributed by atoms with E-state index in [1.807, 2.05) is 25.1 Å².